The van der Waals surface area contributed by atoms with E-state index in [1.54, 1.807) is 14.0 Å². The van der Waals surface area contributed by atoms with Crippen LogP contribution in [0.2, 0.25) is 0 Å². The van der Waals surface area contributed by atoms with Gasteiger partial charge >= 0.3 is 0 Å². The molecule has 0 bridgehead atoms. The van der Waals surface area contributed by atoms with Crippen LogP contribution in [-0.2, 0) is 4.79 Å². The molecule has 0 heterocycles. The number of carbonyl (C=O) groups excluding carboxylic acids is 1. The average molecular weight is 341 g/mol. The predicted octanol–water partition coefficient (Wildman–Crippen LogP) is 4.35. The first-order valence-corrected chi connectivity index (χ1v) is 8.62. The molecule has 4 heteroatoms. The molecule has 0 unspecified atom stereocenters. The molecular weight excluding hydrogens is 314 g/mol. The van der Waals surface area contributed by atoms with Crippen LogP contribution in [0.4, 0.5) is 0 Å². The van der Waals surface area contributed by atoms with E-state index < -0.39 is 6.10 Å². The summed E-state index contributed by atoms with van der Waals surface area (Å²) in [5.74, 6) is 1.42. The summed E-state index contributed by atoms with van der Waals surface area (Å²) in [5.41, 5.74) is 3.25. The molecule has 4 nitrogen and oxygen atoms in total. The lowest BCUT2D eigenvalue weighted by Gasteiger charge is -2.22. The second-order valence-corrected chi connectivity index (χ2v) is 6.27. The fourth-order valence-electron chi connectivity index (χ4n) is 2.72. The maximum atomic E-state index is 12.5. The number of rotatable bonds is 7. The van der Waals surface area contributed by atoms with Crippen LogP contribution >= 0.6 is 0 Å². The lowest BCUT2D eigenvalue weighted by atomic mass is 10.0. The van der Waals surface area contributed by atoms with Gasteiger partial charge in [0.25, 0.3) is 5.91 Å². The minimum absolute atomic E-state index is 0.0522. The van der Waals surface area contributed by atoms with Gasteiger partial charge in [-0.1, -0.05) is 36.8 Å². The zero-order valence-corrected chi connectivity index (χ0v) is 15.6. The van der Waals surface area contributed by atoms with Crippen LogP contribution in [0.15, 0.2) is 42.5 Å². The summed E-state index contributed by atoms with van der Waals surface area (Å²) in [6.07, 6.45) is 0.239. The Morgan fingerprint density at radius 3 is 2.36 bits per heavy atom. The number of amides is 1. The van der Waals surface area contributed by atoms with Crippen molar-refractivity contribution in [3.05, 3.63) is 59.2 Å². The van der Waals surface area contributed by atoms with Crippen molar-refractivity contribution >= 4 is 5.91 Å². The van der Waals surface area contributed by atoms with Gasteiger partial charge in [-0.2, -0.15) is 0 Å². The van der Waals surface area contributed by atoms with Gasteiger partial charge in [-0.05, 0) is 56.5 Å². The largest absolute Gasteiger partial charge is 0.497 e. The van der Waals surface area contributed by atoms with Crippen LogP contribution in [0, 0.1) is 13.8 Å². The van der Waals surface area contributed by atoms with Crippen molar-refractivity contribution in [2.45, 2.75) is 46.3 Å². The lowest BCUT2D eigenvalue weighted by Crippen LogP contribution is -2.38. The van der Waals surface area contributed by atoms with E-state index >= 15 is 0 Å². The third-order valence-electron chi connectivity index (χ3n) is 4.25. The summed E-state index contributed by atoms with van der Waals surface area (Å²) in [5, 5.41) is 3.07. The van der Waals surface area contributed by atoms with E-state index in [2.05, 4.69) is 5.32 Å². The van der Waals surface area contributed by atoms with Gasteiger partial charge in [0.2, 0.25) is 0 Å². The highest BCUT2D eigenvalue weighted by Gasteiger charge is 2.20. The van der Waals surface area contributed by atoms with Crippen LogP contribution in [0.1, 0.15) is 43.0 Å². The third kappa shape index (κ3) is 4.99. The second-order valence-electron chi connectivity index (χ2n) is 6.27. The van der Waals surface area contributed by atoms with E-state index in [0.29, 0.717) is 0 Å². The average Bonchev–Trinajstić information content (AvgIpc) is 2.61. The SMILES string of the molecule is CC[C@@H](NC(=O)[C@H](C)Oc1ccc(C)cc1C)c1ccc(OC)cc1. The second kappa shape index (κ2) is 8.56. The first kappa shape index (κ1) is 18.8. The first-order valence-electron chi connectivity index (χ1n) is 8.62. The molecule has 2 aromatic carbocycles. The van der Waals surface area contributed by atoms with Gasteiger partial charge in [0.1, 0.15) is 11.5 Å². The van der Waals surface area contributed by atoms with Gasteiger partial charge in [0, 0.05) is 0 Å². The van der Waals surface area contributed by atoms with Gasteiger partial charge in [-0.15, -0.1) is 0 Å². The predicted molar refractivity (Wildman–Crippen MR) is 100 cm³/mol. The number of benzene rings is 2. The van der Waals surface area contributed by atoms with Crippen molar-refractivity contribution < 1.29 is 14.3 Å². The van der Waals surface area contributed by atoms with E-state index in [4.69, 9.17) is 9.47 Å². The molecule has 25 heavy (non-hydrogen) atoms. The minimum Gasteiger partial charge on any atom is -0.497 e. The zero-order chi connectivity index (χ0) is 18.4. The van der Waals surface area contributed by atoms with Gasteiger partial charge in [-0.25, -0.2) is 0 Å². The van der Waals surface area contributed by atoms with Gasteiger partial charge < -0.3 is 14.8 Å². The molecule has 2 atom stereocenters. The Morgan fingerprint density at radius 1 is 1.12 bits per heavy atom. The van der Waals surface area contributed by atoms with Crippen LogP contribution in [0.5, 0.6) is 11.5 Å². The third-order valence-corrected chi connectivity index (χ3v) is 4.25. The molecular formula is C21H27NO3. The topological polar surface area (TPSA) is 47.6 Å². The molecule has 2 rings (SSSR count). The van der Waals surface area contributed by atoms with Gasteiger partial charge in [0.15, 0.2) is 6.10 Å². The summed E-state index contributed by atoms with van der Waals surface area (Å²) in [6.45, 7) is 7.84. The van der Waals surface area contributed by atoms with Crippen molar-refractivity contribution in [3.63, 3.8) is 0 Å². The van der Waals surface area contributed by atoms with Crippen LogP contribution in [-0.4, -0.2) is 19.1 Å². The van der Waals surface area contributed by atoms with E-state index in [1.807, 2.05) is 63.2 Å². The molecule has 2 aromatic rings. The molecule has 0 aliphatic carbocycles. The van der Waals surface area contributed by atoms with Crippen LogP contribution < -0.4 is 14.8 Å². The number of aryl methyl sites for hydroxylation is 2. The monoisotopic (exact) mass is 341 g/mol. The van der Waals surface area contributed by atoms with Gasteiger partial charge in [-0.3, -0.25) is 4.79 Å². The molecule has 0 radical (unpaired) electrons. The molecule has 1 amide bonds. The van der Waals surface area contributed by atoms with Crippen molar-refractivity contribution in [2.24, 2.45) is 0 Å². The molecule has 0 aliphatic heterocycles. The molecule has 0 spiro atoms. The molecule has 0 saturated carbocycles. The summed E-state index contributed by atoms with van der Waals surface area (Å²) >= 11 is 0. The number of methoxy groups -OCH3 is 1. The lowest BCUT2D eigenvalue weighted by molar-refractivity contribution is -0.128. The highest BCUT2D eigenvalue weighted by Crippen LogP contribution is 2.22. The standard InChI is InChI=1S/C21H27NO3/c1-6-19(17-8-10-18(24-5)11-9-17)22-21(23)16(4)25-20-12-7-14(2)13-15(20)3/h7-13,16,19H,6H2,1-5H3,(H,22,23)/t16-,19+/m0/s1. The van der Waals surface area contributed by atoms with Crippen molar-refractivity contribution in [3.8, 4) is 11.5 Å². The summed E-state index contributed by atoms with van der Waals surface area (Å²) in [4.78, 5) is 12.5. The van der Waals surface area contributed by atoms with Crippen LogP contribution in [0.3, 0.4) is 0 Å². The quantitative estimate of drug-likeness (QED) is 0.814. The summed E-state index contributed by atoms with van der Waals surface area (Å²) < 4.78 is 11.0. The van der Waals surface area contributed by atoms with Crippen molar-refractivity contribution in [2.75, 3.05) is 7.11 Å². The Labute approximate surface area is 150 Å². The Hall–Kier alpha value is -2.49. The highest BCUT2D eigenvalue weighted by molar-refractivity contribution is 5.81. The first-order chi connectivity index (χ1) is 11.9. The highest BCUT2D eigenvalue weighted by atomic mass is 16.5. The smallest absolute Gasteiger partial charge is 0.261 e. The van der Waals surface area contributed by atoms with E-state index in [-0.39, 0.29) is 11.9 Å². The van der Waals surface area contributed by atoms with E-state index in [1.165, 1.54) is 5.56 Å². The fraction of sp³-hybridized carbons (Fsp3) is 0.381. The van der Waals surface area contributed by atoms with E-state index in [9.17, 15) is 4.79 Å². The zero-order valence-electron chi connectivity index (χ0n) is 15.6. The number of hydrogen-bond donors (Lipinski definition) is 1. The maximum absolute atomic E-state index is 12.5. The summed E-state index contributed by atoms with van der Waals surface area (Å²) in [6, 6.07) is 13.6. The Morgan fingerprint density at radius 2 is 1.80 bits per heavy atom. The Bertz CT molecular complexity index is 710. The molecule has 0 aromatic heterocycles. The van der Waals surface area contributed by atoms with E-state index in [0.717, 1.165) is 29.0 Å². The number of hydrogen-bond acceptors (Lipinski definition) is 3. The number of nitrogens with one attached hydrogen (secondary N) is 1. The molecule has 0 aliphatic rings. The minimum atomic E-state index is -0.561. The molecule has 1 N–H and O–H groups in total. The Kier molecular flexibility index (Phi) is 6.45. The molecule has 0 saturated heterocycles. The van der Waals surface area contributed by atoms with Gasteiger partial charge in [0.05, 0.1) is 13.2 Å². The van der Waals surface area contributed by atoms with Crippen molar-refractivity contribution in [1.29, 1.82) is 0 Å². The molecule has 0 fully saturated rings. The molecule has 134 valence electrons. The fourth-order valence-corrected chi connectivity index (χ4v) is 2.72. The van der Waals surface area contributed by atoms with Crippen molar-refractivity contribution in [1.82, 2.24) is 5.32 Å². The normalized spacial score (nSPS) is 13.0. The maximum Gasteiger partial charge on any atom is 0.261 e. The number of carbonyl (C=O) groups is 1. The van der Waals surface area contributed by atoms with Crippen LogP contribution in [0.25, 0.3) is 0 Å². The Balaban J connectivity index is 2.02. The number of ether oxygens (including phenoxy) is 2. The summed E-state index contributed by atoms with van der Waals surface area (Å²) in [7, 11) is 1.64.